The highest BCUT2D eigenvalue weighted by Gasteiger charge is 2.40. The first-order valence-electron chi connectivity index (χ1n) is 8.57. The molecule has 0 aromatic carbocycles. The first-order chi connectivity index (χ1) is 13.0. The molecule has 1 saturated heterocycles. The molecule has 0 unspecified atom stereocenters. The summed E-state index contributed by atoms with van der Waals surface area (Å²) in [6.07, 6.45) is 1.72. The first-order valence-corrected chi connectivity index (χ1v) is 8.57. The van der Waals surface area contributed by atoms with E-state index in [1.54, 1.807) is 11.1 Å². The Morgan fingerprint density at radius 3 is 2.19 bits per heavy atom. The number of nitrogens with zero attached hydrogens (tertiary/aromatic N) is 3. The number of ketones is 2. The highest BCUT2D eigenvalue weighted by molar-refractivity contribution is 6.34. The largest absolute Gasteiger partial charge is 0.489 e. The number of methoxy groups -OCH3 is 2. The summed E-state index contributed by atoms with van der Waals surface area (Å²) < 4.78 is 10.0. The molecule has 0 radical (unpaired) electrons. The van der Waals surface area contributed by atoms with Crippen LogP contribution >= 0.6 is 0 Å². The van der Waals surface area contributed by atoms with E-state index in [2.05, 4.69) is 9.88 Å². The van der Waals surface area contributed by atoms with Crippen molar-refractivity contribution in [3.63, 3.8) is 0 Å². The zero-order chi connectivity index (χ0) is 19.6. The van der Waals surface area contributed by atoms with Crippen molar-refractivity contribution in [1.82, 2.24) is 9.88 Å². The Balaban J connectivity index is 1.77. The Morgan fingerprint density at radius 1 is 1.00 bits per heavy atom. The summed E-state index contributed by atoms with van der Waals surface area (Å²) in [4.78, 5) is 46.1. The summed E-state index contributed by atoms with van der Waals surface area (Å²) in [5.74, 6) is -1.15. The van der Waals surface area contributed by atoms with Gasteiger partial charge < -0.3 is 19.3 Å². The minimum atomic E-state index is -0.622. The number of Topliss-reactive ketones (excluding diaryl/α,β-unsaturated/α-hetero) is 2. The van der Waals surface area contributed by atoms with Crippen molar-refractivity contribution >= 4 is 23.3 Å². The number of anilines is 1. The summed E-state index contributed by atoms with van der Waals surface area (Å²) in [6.45, 7) is 3.50. The van der Waals surface area contributed by atoms with Gasteiger partial charge in [0.05, 0.1) is 19.8 Å². The van der Waals surface area contributed by atoms with E-state index in [1.807, 2.05) is 18.2 Å². The fourth-order valence-corrected chi connectivity index (χ4v) is 3.24. The van der Waals surface area contributed by atoms with Gasteiger partial charge in [-0.25, -0.2) is 4.98 Å². The van der Waals surface area contributed by atoms with Gasteiger partial charge in [-0.15, -0.1) is 0 Å². The maximum Gasteiger partial charge on any atom is 0.258 e. The summed E-state index contributed by atoms with van der Waals surface area (Å²) in [6, 6.07) is 5.67. The molecule has 0 bridgehead atoms. The van der Waals surface area contributed by atoms with Crippen LogP contribution in [0, 0.1) is 0 Å². The summed E-state index contributed by atoms with van der Waals surface area (Å²) in [7, 11) is 2.56. The Kier molecular flexibility index (Phi) is 5.25. The number of pyridine rings is 1. The van der Waals surface area contributed by atoms with Gasteiger partial charge >= 0.3 is 0 Å². The zero-order valence-electron chi connectivity index (χ0n) is 15.5. The summed E-state index contributed by atoms with van der Waals surface area (Å²) in [5.41, 5.74) is -0.0706. The fourth-order valence-electron chi connectivity index (χ4n) is 3.24. The van der Waals surface area contributed by atoms with Gasteiger partial charge in [-0.05, 0) is 19.1 Å². The number of carbonyl (C=O) groups excluding carboxylic acids is 3. The van der Waals surface area contributed by atoms with Crippen LogP contribution in [0.2, 0.25) is 0 Å². The van der Waals surface area contributed by atoms with E-state index in [9.17, 15) is 14.4 Å². The second-order valence-corrected chi connectivity index (χ2v) is 6.19. The van der Waals surface area contributed by atoms with Gasteiger partial charge in [0, 0.05) is 37.9 Å². The predicted molar refractivity (Wildman–Crippen MR) is 96.8 cm³/mol. The number of rotatable bonds is 4. The molecule has 3 rings (SSSR count). The van der Waals surface area contributed by atoms with Crippen LogP contribution < -0.4 is 4.90 Å². The van der Waals surface area contributed by atoms with Gasteiger partial charge in [-0.3, -0.25) is 14.4 Å². The molecule has 27 heavy (non-hydrogen) atoms. The smallest absolute Gasteiger partial charge is 0.258 e. The predicted octanol–water partition coefficient (Wildman–Crippen LogP) is 0.703. The molecule has 1 aromatic heterocycles. The van der Waals surface area contributed by atoms with Crippen LogP contribution in [0.1, 0.15) is 6.92 Å². The van der Waals surface area contributed by atoms with E-state index in [0.29, 0.717) is 26.2 Å². The third kappa shape index (κ3) is 3.30. The van der Waals surface area contributed by atoms with E-state index in [4.69, 9.17) is 9.47 Å². The van der Waals surface area contributed by atoms with Crippen LogP contribution in [-0.2, 0) is 23.9 Å². The highest BCUT2D eigenvalue weighted by atomic mass is 16.5. The highest BCUT2D eigenvalue weighted by Crippen LogP contribution is 2.27. The lowest BCUT2D eigenvalue weighted by atomic mass is 9.92. The molecule has 8 heteroatoms. The maximum absolute atomic E-state index is 13.0. The van der Waals surface area contributed by atoms with Gasteiger partial charge in [0.2, 0.25) is 23.1 Å². The normalized spacial score (nSPS) is 18.2. The van der Waals surface area contributed by atoms with Crippen LogP contribution in [0.5, 0.6) is 0 Å². The van der Waals surface area contributed by atoms with Crippen molar-refractivity contribution in [3.8, 4) is 0 Å². The molecule has 1 fully saturated rings. The molecule has 2 heterocycles. The molecule has 0 atom stereocenters. The molecule has 0 saturated carbocycles. The van der Waals surface area contributed by atoms with Crippen LogP contribution in [0.25, 0.3) is 0 Å². The molecular weight excluding hydrogens is 350 g/mol. The first kappa shape index (κ1) is 18.6. The summed E-state index contributed by atoms with van der Waals surface area (Å²) >= 11 is 0. The van der Waals surface area contributed by atoms with Crippen molar-refractivity contribution < 1.29 is 23.9 Å². The van der Waals surface area contributed by atoms with E-state index >= 15 is 0 Å². The van der Waals surface area contributed by atoms with Crippen LogP contribution in [0.15, 0.2) is 47.1 Å². The second kappa shape index (κ2) is 7.61. The van der Waals surface area contributed by atoms with Crippen molar-refractivity contribution in [2.75, 3.05) is 45.3 Å². The van der Waals surface area contributed by atoms with E-state index in [-0.39, 0.29) is 22.7 Å². The third-order valence-corrected chi connectivity index (χ3v) is 4.72. The van der Waals surface area contributed by atoms with Crippen molar-refractivity contribution in [3.05, 3.63) is 47.1 Å². The summed E-state index contributed by atoms with van der Waals surface area (Å²) in [5, 5.41) is 0. The van der Waals surface area contributed by atoms with Gasteiger partial charge in [-0.1, -0.05) is 6.07 Å². The number of hydrogen-bond donors (Lipinski definition) is 0. The van der Waals surface area contributed by atoms with Gasteiger partial charge in [0.25, 0.3) is 5.91 Å². The number of hydrogen-bond acceptors (Lipinski definition) is 7. The Bertz CT molecular complexity index is 836. The zero-order valence-corrected chi connectivity index (χ0v) is 15.5. The molecule has 1 aromatic rings. The average molecular weight is 371 g/mol. The van der Waals surface area contributed by atoms with Gasteiger partial charge in [0.1, 0.15) is 5.82 Å². The SMILES string of the molecule is COC1=C(OC)C(=O)C(C(=O)N2CCN(c3ccccn3)CC2)=C(C)C1=O. The lowest BCUT2D eigenvalue weighted by Gasteiger charge is -2.36. The standard InChI is InChI=1S/C19H21N3O5/c1-12-14(16(24)18(27-3)17(26-2)15(12)23)19(25)22-10-8-21(9-11-22)13-6-4-5-7-20-13/h4-7H,8-11H2,1-3H3. The van der Waals surface area contributed by atoms with Gasteiger partial charge in [0.15, 0.2) is 0 Å². The van der Waals surface area contributed by atoms with Gasteiger partial charge in [-0.2, -0.15) is 0 Å². The molecule has 1 aliphatic carbocycles. The molecule has 1 amide bonds. The Morgan fingerprint density at radius 2 is 1.63 bits per heavy atom. The van der Waals surface area contributed by atoms with Crippen LogP contribution in [0.4, 0.5) is 5.82 Å². The second-order valence-electron chi connectivity index (χ2n) is 6.19. The van der Waals surface area contributed by atoms with Crippen molar-refractivity contribution in [2.24, 2.45) is 0 Å². The Labute approximate surface area is 157 Å². The van der Waals surface area contributed by atoms with E-state index in [1.165, 1.54) is 21.1 Å². The maximum atomic E-state index is 13.0. The number of allylic oxidation sites excluding steroid dienone is 2. The molecule has 0 spiro atoms. The van der Waals surface area contributed by atoms with Crippen LogP contribution in [-0.4, -0.2) is 67.8 Å². The molecule has 2 aliphatic rings. The van der Waals surface area contributed by atoms with Crippen molar-refractivity contribution in [1.29, 1.82) is 0 Å². The lowest BCUT2D eigenvalue weighted by Crippen LogP contribution is -2.50. The quantitative estimate of drug-likeness (QED) is 0.569. The fraction of sp³-hybridized carbons (Fsp3) is 0.368. The molecule has 8 nitrogen and oxygen atoms in total. The average Bonchev–Trinajstić information content (AvgIpc) is 2.71. The van der Waals surface area contributed by atoms with E-state index < -0.39 is 17.5 Å². The van der Waals surface area contributed by atoms with Crippen molar-refractivity contribution in [2.45, 2.75) is 6.92 Å². The number of ether oxygens (including phenoxy) is 2. The van der Waals surface area contributed by atoms with E-state index in [0.717, 1.165) is 5.82 Å². The number of carbonyl (C=O) groups is 3. The molecule has 0 N–H and O–H groups in total. The monoisotopic (exact) mass is 371 g/mol. The number of amides is 1. The van der Waals surface area contributed by atoms with Crippen LogP contribution in [0.3, 0.4) is 0 Å². The third-order valence-electron chi connectivity index (χ3n) is 4.72. The number of aromatic nitrogens is 1. The molecular formula is C19H21N3O5. The minimum absolute atomic E-state index is 0.0785. The molecule has 142 valence electrons. The Hall–Kier alpha value is -3.16. The lowest BCUT2D eigenvalue weighted by molar-refractivity contribution is -0.131. The topological polar surface area (TPSA) is 89.0 Å². The molecule has 1 aliphatic heterocycles. The minimum Gasteiger partial charge on any atom is -0.489 e. The number of piperazine rings is 1.